The molecule has 0 spiro atoms. The van der Waals surface area contributed by atoms with E-state index in [-0.39, 0.29) is 41.6 Å². The van der Waals surface area contributed by atoms with E-state index in [0.29, 0.717) is 12.8 Å². The highest BCUT2D eigenvalue weighted by molar-refractivity contribution is 6.02. The van der Waals surface area contributed by atoms with E-state index < -0.39 is 6.04 Å². The molecule has 5 heterocycles. The molecule has 12 heteroatoms. The van der Waals surface area contributed by atoms with Crippen LogP contribution in [-0.4, -0.2) is 62.5 Å². The number of imide groups is 1. The van der Waals surface area contributed by atoms with Crippen molar-refractivity contribution in [3.05, 3.63) is 106 Å². The number of benzene rings is 3. The van der Waals surface area contributed by atoms with E-state index >= 15 is 0 Å². The number of hydrogen-bond donors (Lipinski definition) is 3. The van der Waals surface area contributed by atoms with Gasteiger partial charge in [0.2, 0.25) is 11.8 Å². The van der Waals surface area contributed by atoms with Crippen LogP contribution in [0.4, 0.5) is 11.4 Å². The van der Waals surface area contributed by atoms with Crippen LogP contribution in [0.3, 0.4) is 0 Å². The van der Waals surface area contributed by atoms with Gasteiger partial charge in [-0.1, -0.05) is 43.9 Å². The fourth-order valence-electron chi connectivity index (χ4n) is 7.46. The summed E-state index contributed by atoms with van der Waals surface area (Å²) in [4.78, 5) is 61.3. The lowest BCUT2D eigenvalue weighted by atomic mass is 9.93. The minimum absolute atomic E-state index is 0.0499. The van der Waals surface area contributed by atoms with Crippen molar-refractivity contribution in [1.29, 1.82) is 0 Å². The molecular weight excluding hydrogens is 705 g/mol. The second kappa shape index (κ2) is 14.8. The number of nitrogens with zero attached hydrogens (tertiary/aromatic N) is 5. The van der Waals surface area contributed by atoms with Crippen LogP contribution in [0.1, 0.15) is 60.6 Å². The summed E-state index contributed by atoms with van der Waals surface area (Å²) in [6, 6.07) is 21.3. The van der Waals surface area contributed by atoms with E-state index in [0.717, 1.165) is 86.2 Å². The van der Waals surface area contributed by atoms with Gasteiger partial charge in [0.15, 0.2) is 0 Å². The lowest BCUT2D eigenvalue weighted by Gasteiger charge is -2.34. The number of amides is 3. The molecule has 3 N–H and O–H groups in total. The first-order chi connectivity index (χ1) is 27.0. The summed E-state index contributed by atoms with van der Waals surface area (Å²) < 4.78 is 3.42. The first-order valence-electron chi connectivity index (χ1n) is 18.9. The van der Waals surface area contributed by atoms with Gasteiger partial charge in [-0.3, -0.25) is 38.8 Å². The molecule has 2 fully saturated rings. The van der Waals surface area contributed by atoms with Crippen LogP contribution in [0.25, 0.3) is 44.2 Å². The molecule has 0 bridgehead atoms. The summed E-state index contributed by atoms with van der Waals surface area (Å²) in [6.45, 7) is 6.30. The van der Waals surface area contributed by atoms with E-state index in [1.807, 2.05) is 56.7 Å². The average molecular weight is 747 g/mol. The highest BCUT2D eigenvalue weighted by atomic mass is 16.2. The summed E-state index contributed by atoms with van der Waals surface area (Å²) in [6.07, 6.45) is 5.35. The van der Waals surface area contributed by atoms with Crippen LogP contribution in [-0.2, 0) is 23.7 Å². The Kier molecular flexibility index (Phi) is 9.60. The van der Waals surface area contributed by atoms with Gasteiger partial charge in [-0.15, -0.1) is 0 Å². The summed E-state index contributed by atoms with van der Waals surface area (Å²) >= 11 is 0. The highest BCUT2D eigenvalue weighted by Gasteiger charge is 2.27. The highest BCUT2D eigenvalue weighted by Crippen LogP contribution is 2.35. The zero-order valence-electron chi connectivity index (χ0n) is 31.8. The summed E-state index contributed by atoms with van der Waals surface area (Å²) in [7, 11) is 3.63. The van der Waals surface area contributed by atoms with Crippen molar-refractivity contribution < 1.29 is 14.4 Å². The number of carbonyl (C=O) groups is 3. The van der Waals surface area contributed by atoms with Crippen molar-refractivity contribution in [2.24, 2.45) is 14.1 Å². The number of carbonyl (C=O) groups excluding carboxylic acids is 3. The summed E-state index contributed by atoms with van der Waals surface area (Å²) in [5.74, 6) is 5.47. The number of nitrogens with one attached hydrogen (secondary N) is 3. The van der Waals surface area contributed by atoms with Gasteiger partial charge in [0, 0.05) is 73.9 Å². The second-order valence-corrected chi connectivity index (χ2v) is 14.8. The number of imidazole rings is 1. The number of fused-ring (bicyclic) bond motifs is 2. The molecule has 1 atom stereocenters. The fraction of sp³-hybridized carbons (Fsp3) is 0.273. The minimum Gasteiger partial charge on any atom is -0.374 e. The van der Waals surface area contributed by atoms with Gasteiger partial charge in [-0.05, 0) is 89.4 Å². The van der Waals surface area contributed by atoms with Gasteiger partial charge in [-0.2, -0.15) is 0 Å². The van der Waals surface area contributed by atoms with Crippen molar-refractivity contribution in [1.82, 2.24) is 29.7 Å². The number of pyridine rings is 2. The van der Waals surface area contributed by atoms with Crippen LogP contribution in [0.5, 0.6) is 0 Å². The molecule has 3 amide bonds. The molecule has 0 saturated carbocycles. The third-order valence-electron chi connectivity index (χ3n) is 10.7. The van der Waals surface area contributed by atoms with Crippen LogP contribution in [0, 0.1) is 11.8 Å². The average Bonchev–Trinajstić information content (AvgIpc) is 3.39. The number of piperidine rings is 1. The van der Waals surface area contributed by atoms with Crippen LogP contribution < -0.4 is 26.5 Å². The number of hydrogen-bond acceptors (Lipinski definition) is 8. The lowest BCUT2D eigenvalue weighted by Crippen LogP contribution is -2.47. The van der Waals surface area contributed by atoms with Crippen molar-refractivity contribution in [3.63, 3.8) is 0 Å². The molecule has 0 radical (unpaired) electrons. The zero-order valence-corrected chi connectivity index (χ0v) is 31.8. The minimum atomic E-state index is -0.498. The maximum Gasteiger partial charge on any atom is 0.328 e. The Morgan fingerprint density at radius 3 is 2.52 bits per heavy atom. The number of anilines is 2. The first-order valence-corrected chi connectivity index (χ1v) is 18.9. The Labute approximate surface area is 324 Å². The number of rotatable bonds is 8. The molecule has 56 heavy (non-hydrogen) atoms. The van der Waals surface area contributed by atoms with Crippen LogP contribution in [0.2, 0.25) is 0 Å². The molecule has 3 aromatic heterocycles. The largest absolute Gasteiger partial charge is 0.374 e. The third kappa shape index (κ3) is 6.99. The maximum absolute atomic E-state index is 13.0. The van der Waals surface area contributed by atoms with Crippen LogP contribution in [0.15, 0.2) is 83.9 Å². The van der Waals surface area contributed by atoms with Crippen molar-refractivity contribution >= 4 is 50.9 Å². The van der Waals surface area contributed by atoms with Gasteiger partial charge in [0.1, 0.15) is 11.7 Å². The van der Waals surface area contributed by atoms with Crippen molar-refractivity contribution in [2.45, 2.75) is 45.1 Å². The van der Waals surface area contributed by atoms with E-state index in [2.05, 4.69) is 75.8 Å². The molecule has 1 unspecified atom stereocenters. The van der Waals surface area contributed by atoms with Gasteiger partial charge >= 0.3 is 5.69 Å². The Bertz CT molecular complexity index is 2680. The lowest BCUT2D eigenvalue weighted by molar-refractivity contribution is -0.133. The SMILES string of the molecule is CC(C)c1cc(-c2cccc3cc(-c4ccc(C(=O)NCC#Cc5cc(NC6CCC(=O)NC6=O)cc(N6CCC6)c5)nc4)ncc23)cc2c1n(C)c(=O)n2C. The van der Waals surface area contributed by atoms with E-state index in [1.165, 1.54) is 0 Å². The molecule has 282 valence electrons. The monoisotopic (exact) mass is 746 g/mol. The number of aryl methyl sites for hydroxylation is 2. The molecule has 2 saturated heterocycles. The van der Waals surface area contributed by atoms with E-state index in [4.69, 9.17) is 4.98 Å². The molecular formula is C44H42N8O4. The Morgan fingerprint density at radius 2 is 1.79 bits per heavy atom. The first kappa shape index (κ1) is 36.2. The number of aromatic nitrogens is 4. The Morgan fingerprint density at radius 1 is 0.946 bits per heavy atom. The maximum atomic E-state index is 13.0. The van der Waals surface area contributed by atoms with Gasteiger partial charge < -0.3 is 15.5 Å². The topological polar surface area (TPSA) is 143 Å². The quantitative estimate of drug-likeness (QED) is 0.137. The molecule has 3 aromatic carbocycles. The molecule has 6 aromatic rings. The summed E-state index contributed by atoms with van der Waals surface area (Å²) in [5.41, 5.74) is 9.25. The molecule has 0 aliphatic carbocycles. The fourth-order valence-corrected chi connectivity index (χ4v) is 7.46. The molecule has 2 aliphatic rings. The Balaban J connectivity index is 0.961. The predicted octanol–water partition coefficient (Wildman–Crippen LogP) is 5.49. The normalized spacial score (nSPS) is 15.4. The smallest absolute Gasteiger partial charge is 0.328 e. The van der Waals surface area contributed by atoms with Gasteiger partial charge in [0.05, 0.1) is 23.3 Å². The van der Waals surface area contributed by atoms with Gasteiger partial charge in [-0.25, -0.2) is 4.79 Å². The standard InChI is InChI=1S/C44H42N8O4/c1-26(2)34-20-30(22-39-41(34)51(4)44(56)50(39)3)33-10-5-9-28-21-38(47-25-35(28)33)29-11-12-36(46-24-29)42(54)45-15-6-8-27-18-31(23-32(19-27)52-16-7-17-52)48-37-13-14-40(53)49-43(37)55/h5,9-12,18-26,37,48H,7,13-17H2,1-4H3,(H,45,54)(H,49,53,55). The molecule has 8 rings (SSSR count). The van der Waals surface area contributed by atoms with Gasteiger partial charge in [0.25, 0.3) is 5.91 Å². The van der Waals surface area contributed by atoms with Crippen molar-refractivity contribution in [2.75, 3.05) is 29.9 Å². The third-order valence-corrected chi connectivity index (χ3v) is 10.7. The molecule has 2 aliphatic heterocycles. The zero-order chi connectivity index (χ0) is 39.1. The van der Waals surface area contributed by atoms with Crippen LogP contribution >= 0.6 is 0 Å². The summed E-state index contributed by atoms with van der Waals surface area (Å²) in [5, 5.41) is 10.5. The van der Waals surface area contributed by atoms with Crippen molar-refractivity contribution in [3.8, 4) is 34.2 Å². The van der Waals surface area contributed by atoms with E-state index in [9.17, 15) is 19.2 Å². The Hall–Kier alpha value is -6.74. The molecule has 12 nitrogen and oxygen atoms in total. The predicted molar refractivity (Wildman–Crippen MR) is 218 cm³/mol. The van der Waals surface area contributed by atoms with E-state index in [1.54, 1.807) is 21.4 Å². The second-order valence-electron chi connectivity index (χ2n) is 14.8.